The third-order valence-corrected chi connectivity index (χ3v) is 1.97. The van der Waals surface area contributed by atoms with Crippen LogP contribution in [0.5, 0.6) is 0 Å². The lowest BCUT2D eigenvalue weighted by atomic mass is 10.1. The van der Waals surface area contributed by atoms with E-state index in [0.717, 1.165) is 12.8 Å². The van der Waals surface area contributed by atoms with Gasteiger partial charge < -0.3 is 9.84 Å². The average Bonchev–Trinajstić information content (AvgIpc) is 2.15. The topological polar surface area (TPSA) is 63.6 Å². The lowest BCUT2D eigenvalue weighted by molar-refractivity contribution is -0.145. The van der Waals surface area contributed by atoms with E-state index in [4.69, 9.17) is 9.84 Å². The molecule has 0 rings (SSSR count). The Morgan fingerprint density at radius 1 is 1.47 bits per heavy atom. The maximum Gasteiger partial charge on any atom is 0.331 e. The summed E-state index contributed by atoms with van der Waals surface area (Å²) >= 11 is 0. The molecular formula is C11H18O4. The molecule has 0 aliphatic heterocycles. The highest BCUT2D eigenvalue weighted by molar-refractivity contribution is 5.91. The van der Waals surface area contributed by atoms with Crippen LogP contribution in [0, 0.1) is 5.92 Å². The molecule has 1 unspecified atom stereocenters. The van der Waals surface area contributed by atoms with Crippen LogP contribution in [-0.4, -0.2) is 23.7 Å². The Balaban J connectivity index is 3.75. The van der Waals surface area contributed by atoms with Crippen molar-refractivity contribution in [1.29, 1.82) is 0 Å². The van der Waals surface area contributed by atoms with E-state index in [1.807, 2.05) is 6.92 Å². The molecule has 0 aliphatic rings. The van der Waals surface area contributed by atoms with Crippen molar-refractivity contribution >= 4 is 11.9 Å². The zero-order valence-electron chi connectivity index (χ0n) is 9.28. The zero-order chi connectivity index (χ0) is 11.8. The summed E-state index contributed by atoms with van der Waals surface area (Å²) in [5.41, 5.74) is -0.136. The van der Waals surface area contributed by atoms with Gasteiger partial charge in [-0.3, -0.25) is 4.79 Å². The van der Waals surface area contributed by atoms with Gasteiger partial charge in [0.2, 0.25) is 0 Å². The summed E-state index contributed by atoms with van der Waals surface area (Å²) in [7, 11) is 0. The van der Waals surface area contributed by atoms with Crippen LogP contribution < -0.4 is 0 Å². The average molecular weight is 214 g/mol. The van der Waals surface area contributed by atoms with Crippen molar-refractivity contribution < 1.29 is 19.4 Å². The van der Waals surface area contributed by atoms with E-state index in [1.165, 1.54) is 0 Å². The Morgan fingerprint density at radius 3 is 2.53 bits per heavy atom. The second-order valence-electron chi connectivity index (χ2n) is 3.66. The summed E-state index contributed by atoms with van der Waals surface area (Å²) in [6.45, 7) is 7.65. The largest absolute Gasteiger partial charge is 0.478 e. The number of carbonyl (C=O) groups excluding carboxylic acids is 1. The molecular weight excluding hydrogens is 196 g/mol. The van der Waals surface area contributed by atoms with Crippen LogP contribution in [0.3, 0.4) is 0 Å². The van der Waals surface area contributed by atoms with Crippen molar-refractivity contribution in [2.24, 2.45) is 5.92 Å². The molecule has 0 aromatic carbocycles. The Bertz CT molecular complexity index is 245. The molecule has 86 valence electrons. The number of aliphatic carboxylic acids is 1. The Labute approximate surface area is 89.9 Å². The lowest BCUT2D eigenvalue weighted by Crippen LogP contribution is -2.14. The quantitative estimate of drug-likeness (QED) is 0.520. The van der Waals surface area contributed by atoms with Gasteiger partial charge in [-0.25, -0.2) is 4.79 Å². The predicted molar refractivity (Wildman–Crippen MR) is 56.4 cm³/mol. The molecule has 0 fully saturated rings. The highest BCUT2D eigenvalue weighted by atomic mass is 16.5. The van der Waals surface area contributed by atoms with Crippen molar-refractivity contribution in [3.05, 3.63) is 12.2 Å². The number of hydrogen-bond donors (Lipinski definition) is 1. The van der Waals surface area contributed by atoms with Gasteiger partial charge in [0.25, 0.3) is 0 Å². The van der Waals surface area contributed by atoms with Crippen molar-refractivity contribution in [3.8, 4) is 0 Å². The second-order valence-corrected chi connectivity index (χ2v) is 3.66. The molecule has 0 aromatic rings. The summed E-state index contributed by atoms with van der Waals surface area (Å²) in [5.74, 6) is -1.36. The van der Waals surface area contributed by atoms with E-state index < -0.39 is 11.9 Å². The smallest absolute Gasteiger partial charge is 0.331 e. The minimum atomic E-state index is -1.16. The van der Waals surface area contributed by atoms with Crippen molar-refractivity contribution in [2.75, 3.05) is 6.61 Å². The number of hydrogen-bond acceptors (Lipinski definition) is 3. The molecule has 4 heteroatoms. The molecule has 1 atom stereocenters. The molecule has 0 aromatic heterocycles. The highest BCUT2D eigenvalue weighted by Crippen LogP contribution is 2.07. The van der Waals surface area contributed by atoms with Crippen LogP contribution in [-0.2, 0) is 14.3 Å². The summed E-state index contributed by atoms with van der Waals surface area (Å²) in [6, 6.07) is 0. The lowest BCUT2D eigenvalue weighted by Gasteiger charge is -2.10. The number of carbonyl (C=O) groups is 2. The molecule has 0 saturated carbocycles. The van der Waals surface area contributed by atoms with Crippen LogP contribution in [0.25, 0.3) is 0 Å². The summed E-state index contributed by atoms with van der Waals surface area (Å²) < 4.78 is 4.91. The second kappa shape index (κ2) is 7.04. The van der Waals surface area contributed by atoms with Crippen LogP contribution in [0.4, 0.5) is 0 Å². The Kier molecular flexibility index (Phi) is 6.42. The van der Waals surface area contributed by atoms with E-state index >= 15 is 0 Å². The molecule has 0 radical (unpaired) electrons. The summed E-state index contributed by atoms with van der Waals surface area (Å²) in [5, 5.41) is 8.49. The zero-order valence-corrected chi connectivity index (χ0v) is 9.28. The van der Waals surface area contributed by atoms with Gasteiger partial charge >= 0.3 is 11.9 Å². The molecule has 0 amide bonds. The van der Waals surface area contributed by atoms with Gasteiger partial charge in [0.15, 0.2) is 0 Å². The van der Waals surface area contributed by atoms with E-state index in [0.29, 0.717) is 12.5 Å². The number of carboxylic acids is 1. The third kappa shape index (κ3) is 6.71. The fourth-order valence-corrected chi connectivity index (χ4v) is 1.11. The molecule has 0 aliphatic carbocycles. The molecule has 4 nitrogen and oxygen atoms in total. The molecule has 0 heterocycles. The van der Waals surface area contributed by atoms with Crippen molar-refractivity contribution in [1.82, 2.24) is 0 Å². The number of rotatable bonds is 7. The first-order valence-electron chi connectivity index (χ1n) is 5.04. The maximum absolute atomic E-state index is 11.1. The minimum Gasteiger partial charge on any atom is -0.478 e. The highest BCUT2D eigenvalue weighted by Gasteiger charge is 2.12. The Hall–Kier alpha value is -1.32. The molecule has 15 heavy (non-hydrogen) atoms. The van der Waals surface area contributed by atoms with E-state index in [1.54, 1.807) is 0 Å². The van der Waals surface area contributed by atoms with Crippen molar-refractivity contribution in [3.63, 3.8) is 0 Å². The van der Waals surface area contributed by atoms with Gasteiger partial charge in [0.1, 0.15) is 0 Å². The predicted octanol–water partition coefficient (Wildman–Crippen LogP) is 2.00. The van der Waals surface area contributed by atoms with E-state index in [2.05, 4.69) is 13.5 Å². The van der Waals surface area contributed by atoms with Gasteiger partial charge in [0, 0.05) is 5.57 Å². The summed E-state index contributed by atoms with van der Waals surface area (Å²) in [4.78, 5) is 21.5. The fraction of sp³-hybridized carbons (Fsp3) is 0.636. The van der Waals surface area contributed by atoms with Crippen molar-refractivity contribution in [2.45, 2.75) is 33.1 Å². The van der Waals surface area contributed by atoms with Gasteiger partial charge in [-0.2, -0.15) is 0 Å². The van der Waals surface area contributed by atoms with Gasteiger partial charge in [0.05, 0.1) is 13.0 Å². The monoisotopic (exact) mass is 214 g/mol. The molecule has 1 N–H and O–H groups in total. The van der Waals surface area contributed by atoms with Gasteiger partial charge in [-0.1, -0.05) is 26.8 Å². The normalized spacial score (nSPS) is 11.9. The van der Waals surface area contributed by atoms with Gasteiger partial charge in [-0.15, -0.1) is 0 Å². The number of esters is 1. The maximum atomic E-state index is 11.1. The number of carboxylic acid groups (broad SMARTS) is 1. The minimum absolute atomic E-state index is 0.136. The molecule has 0 saturated heterocycles. The van der Waals surface area contributed by atoms with E-state index in [9.17, 15) is 9.59 Å². The fourth-order valence-electron chi connectivity index (χ4n) is 1.11. The van der Waals surface area contributed by atoms with Crippen LogP contribution in [0.2, 0.25) is 0 Å². The first-order chi connectivity index (χ1) is 6.97. The SMILES string of the molecule is C=C(CC(=O)OCC(C)CCC)C(=O)O. The van der Waals surface area contributed by atoms with Gasteiger partial charge in [-0.05, 0) is 12.3 Å². The third-order valence-electron chi connectivity index (χ3n) is 1.97. The Morgan fingerprint density at radius 2 is 2.07 bits per heavy atom. The van der Waals surface area contributed by atoms with Crippen LogP contribution in [0.1, 0.15) is 33.1 Å². The summed E-state index contributed by atoms with van der Waals surface area (Å²) in [6.07, 6.45) is 1.79. The van der Waals surface area contributed by atoms with Crippen LogP contribution in [0.15, 0.2) is 12.2 Å². The first kappa shape index (κ1) is 13.7. The van der Waals surface area contributed by atoms with E-state index in [-0.39, 0.29) is 12.0 Å². The number of ether oxygens (including phenoxy) is 1. The molecule has 0 bridgehead atoms. The molecule has 0 spiro atoms. The first-order valence-corrected chi connectivity index (χ1v) is 5.04. The standard InChI is InChI=1S/C11H18O4/c1-4-5-8(2)7-15-10(12)6-9(3)11(13)14/h8H,3-7H2,1-2H3,(H,13,14). The van der Waals surface area contributed by atoms with Crippen LogP contribution >= 0.6 is 0 Å².